The number of nitrogens with one attached hydrogen (secondary N) is 3. The van der Waals surface area contributed by atoms with Crippen LogP contribution in [0.15, 0.2) is 5.10 Å². The average Bonchev–Trinajstić information content (AvgIpc) is 2.87. The van der Waals surface area contributed by atoms with E-state index in [1.165, 1.54) is 0 Å². The highest BCUT2D eigenvalue weighted by Gasteiger charge is 2.12. The Labute approximate surface area is 98.9 Å². The van der Waals surface area contributed by atoms with E-state index in [-0.39, 0.29) is 0 Å². The van der Waals surface area contributed by atoms with Crippen LogP contribution in [0.3, 0.4) is 0 Å². The summed E-state index contributed by atoms with van der Waals surface area (Å²) in [4.78, 5) is 0. The number of nitrogens with two attached hydrogens (primary N) is 1. The van der Waals surface area contributed by atoms with Crippen LogP contribution in [0.4, 0.5) is 5.82 Å². The van der Waals surface area contributed by atoms with E-state index >= 15 is 0 Å². The van der Waals surface area contributed by atoms with Crippen LogP contribution in [0.5, 0.6) is 0 Å². The molecule has 0 spiro atoms. The molecule has 1 aliphatic rings. The number of nitrogens with zero attached hydrogens (tertiary/aromatic N) is 5. The van der Waals surface area contributed by atoms with Crippen molar-refractivity contribution < 1.29 is 0 Å². The van der Waals surface area contributed by atoms with Gasteiger partial charge in [0.05, 0.1) is 0 Å². The summed E-state index contributed by atoms with van der Waals surface area (Å²) in [5.41, 5.74) is 6.63. The molecular weight excluding hydrogens is 222 g/mol. The van der Waals surface area contributed by atoms with Gasteiger partial charge in [-0.05, 0) is 13.3 Å². The van der Waals surface area contributed by atoms with Crippen LogP contribution in [0.2, 0.25) is 0 Å². The van der Waals surface area contributed by atoms with Crippen LogP contribution in [-0.4, -0.2) is 40.0 Å². The van der Waals surface area contributed by atoms with Gasteiger partial charge in [0.2, 0.25) is 0 Å². The summed E-state index contributed by atoms with van der Waals surface area (Å²) in [6.45, 7) is 2.55. The van der Waals surface area contributed by atoms with Crippen molar-refractivity contribution in [3.05, 3.63) is 5.69 Å². The van der Waals surface area contributed by atoms with Gasteiger partial charge in [0.1, 0.15) is 11.5 Å². The zero-order valence-corrected chi connectivity index (χ0v) is 9.93. The molecule has 0 bridgehead atoms. The smallest absolute Gasteiger partial charge is 0.187 e. The molecule has 0 amide bonds. The number of rotatable bonds is 5. The van der Waals surface area contributed by atoms with Crippen molar-refractivity contribution >= 4 is 11.7 Å². The van der Waals surface area contributed by atoms with Gasteiger partial charge in [-0.3, -0.25) is 10.4 Å². The van der Waals surface area contributed by atoms with Gasteiger partial charge in [0.15, 0.2) is 5.82 Å². The second-order valence-electron chi connectivity index (χ2n) is 3.86. The fraction of sp³-hybridized carbons (Fsp3) is 0.625. The van der Waals surface area contributed by atoms with E-state index in [0.29, 0.717) is 12.4 Å². The molecule has 0 saturated heterocycles. The standard InChI is InChI=1S/C8H17N9/c1-6-8(12-14-10-6)17(9)5-3-4-7-11-15-16(2)13-7/h15H,3-5,9H2,1-2H3,(H,11,13)(H,10,12,14). The topological polar surface area (TPSA) is 110 Å². The predicted molar refractivity (Wildman–Crippen MR) is 63.4 cm³/mol. The Morgan fingerprint density at radius 2 is 2.24 bits per heavy atom. The Kier molecular flexibility index (Phi) is 3.40. The van der Waals surface area contributed by atoms with Gasteiger partial charge in [-0.2, -0.15) is 10.3 Å². The summed E-state index contributed by atoms with van der Waals surface area (Å²) in [5.74, 6) is 7.46. The summed E-state index contributed by atoms with van der Waals surface area (Å²) in [6.07, 6.45) is 1.70. The van der Waals surface area contributed by atoms with E-state index in [1.54, 1.807) is 10.1 Å². The first-order valence-electron chi connectivity index (χ1n) is 5.39. The average molecular weight is 239 g/mol. The molecule has 2 heterocycles. The third-order valence-electron chi connectivity index (χ3n) is 2.41. The molecule has 94 valence electrons. The molecule has 2 rings (SSSR count). The largest absolute Gasteiger partial charge is 0.292 e. The van der Waals surface area contributed by atoms with Gasteiger partial charge in [-0.25, -0.2) is 11.4 Å². The van der Waals surface area contributed by atoms with Gasteiger partial charge in [-0.1, -0.05) is 0 Å². The Bertz CT molecular complexity index is 397. The van der Waals surface area contributed by atoms with Crippen LogP contribution in [0.25, 0.3) is 0 Å². The lowest BCUT2D eigenvalue weighted by Crippen LogP contribution is -2.38. The Morgan fingerprint density at radius 3 is 2.82 bits per heavy atom. The number of hydrogen-bond acceptors (Lipinski definition) is 8. The van der Waals surface area contributed by atoms with E-state index in [0.717, 1.165) is 24.4 Å². The highest BCUT2D eigenvalue weighted by Crippen LogP contribution is 2.10. The first kappa shape index (κ1) is 11.6. The third kappa shape index (κ3) is 2.82. The van der Waals surface area contributed by atoms with Crippen LogP contribution in [0.1, 0.15) is 18.5 Å². The predicted octanol–water partition coefficient (Wildman–Crippen LogP) is -1.16. The molecule has 17 heavy (non-hydrogen) atoms. The fourth-order valence-electron chi connectivity index (χ4n) is 1.56. The quantitative estimate of drug-likeness (QED) is 0.379. The SMILES string of the molecule is Cc1n[nH]nc1N(N)CCCC1=NNN(C)N1. The minimum absolute atomic E-state index is 0.682. The van der Waals surface area contributed by atoms with Crippen molar-refractivity contribution in [3.63, 3.8) is 0 Å². The lowest BCUT2D eigenvalue weighted by atomic mass is 10.3. The second-order valence-corrected chi connectivity index (χ2v) is 3.86. The number of hydrazone groups is 1. The molecular formula is C8H17N9. The lowest BCUT2D eigenvalue weighted by molar-refractivity contribution is 0.231. The van der Waals surface area contributed by atoms with E-state index in [9.17, 15) is 0 Å². The maximum absolute atomic E-state index is 5.88. The molecule has 0 aliphatic carbocycles. The maximum atomic E-state index is 5.88. The highest BCUT2D eigenvalue weighted by molar-refractivity contribution is 5.82. The van der Waals surface area contributed by atoms with Crippen LogP contribution < -0.4 is 21.8 Å². The number of aromatic nitrogens is 3. The molecule has 0 fully saturated rings. The Hall–Kier alpha value is -1.87. The first-order chi connectivity index (χ1) is 8.16. The van der Waals surface area contributed by atoms with Crippen LogP contribution in [-0.2, 0) is 0 Å². The van der Waals surface area contributed by atoms with Crippen molar-refractivity contribution in [1.82, 2.24) is 31.5 Å². The van der Waals surface area contributed by atoms with E-state index in [4.69, 9.17) is 5.84 Å². The van der Waals surface area contributed by atoms with Crippen molar-refractivity contribution in [2.45, 2.75) is 19.8 Å². The van der Waals surface area contributed by atoms with Crippen LogP contribution in [0, 0.1) is 6.92 Å². The molecule has 5 N–H and O–H groups in total. The van der Waals surface area contributed by atoms with Gasteiger partial charge in [0, 0.05) is 20.0 Å². The number of aromatic amines is 1. The van der Waals surface area contributed by atoms with E-state index in [2.05, 4.69) is 31.5 Å². The third-order valence-corrected chi connectivity index (χ3v) is 2.41. The summed E-state index contributed by atoms with van der Waals surface area (Å²) >= 11 is 0. The molecule has 0 atom stereocenters. The van der Waals surface area contributed by atoms with Crippen molar-refractivity contribution in [2.24, 2.45) is 10.9 Å². The minimum Gasteiger partial charge on any atom is -0.292 e. The molecule has 0 saturated carbocycles. The Morgan fingerprint density at radius 1 is 1.41 bits per heavy atom. The summed E-state index contributed by atoms with van der Waals surface area (Å²) in [6, 6.07) is 0. The first-order valence-corrected chi connectivity index (χ1v) is 5.39. The number of hydrogen-bond donors (Lipinski definition) is 4. The van der Waals surface area contributed by atoms with Gasteiger partial charge >= 0.3 is 0 Å². The van der Waals surface area contributed by atoms with Crippen molar-refractivity contribution in [3.8, 4) is 0 Å². The summed E-state index contributed by atoms with van der Waals surface area (Å²) < 4.78 is 0. The van der Waals surface area contributed by atoms with Gasteiger partial charge < -0.3 is 0 Å². The zero-order valence-electron chi connectivity index (χ0n) is 9.93. The van der Waals surface area contributed by atoms with Crippen molar-refractivity contribution in [2.75, 3.05) is 18.6 Å². The zero-order chi connectivity index (χ0) is 12.3. The van der Waals surface area contributed by atoms with E-state index in [1.807, 2.05) is 14.0 Å². The number of aryl methyl sites for hydroxylation is 1. The molecule has 0 radical (unpaired) electrons. The minimum atomic E-state index is 0.682. The summed E-state index contributed by atoms with van der Waals surface area (Å²) in [7, 11) is 1.85. The molecule has 1 aliphatic heterocycles. The van der Waals surface area contributed by atoms with Crippen molar-refractivity contribution in [1.29, 1.82) is 0 Å². The number of hydrazine groups is 3. The van der Waals surface area contributed by atoms with Gasteiger partial charge in [-0.15, -0.1) is 15.3 Å². The van der Waals surface area contributed by atoms with Crippen LogP contribution >= 0.6 is 0 Å². The molecule has 9 nitrogen and oxygen atoms in total. The lowest BCUT2D eigenvalue weighted by Gasteiger charge is -2.15. The normalized spacial score (nSPS) is 15.4. The molecule has 0 unspecified atom stereocenters. The Balaban J connectivity index is 1.74. The summed E-state index contributed by atoms with van der Waals surface area (Å²) in [5, 5.41) is 17.8. The van der Waals surface area contributed by atoms with E-state index < -0.39 is 0 Å². The van der Waals surface area contributed by atoms with Gasteiger partial charge in [0.25, 0.3) is 0 Å². The number of anilines is 1. The number of amidine groups is 1. The fourth-order valence-corrected chi connectivity index (χ4v) is 1.56. The second kappa shape index (κ2) is 4.97. The maximum Gasteiger partial charge on any atom is 0.187 e. The molecule has 1 aromatic rings. The highest BCUT2D eigenvalue weighted by atomic mass is 15.9. The monoisotopic (exact) mass is 239 g/mol. The molecule has 1 aromatic heterocycles. The molecule has 0 aromatic carbocycles. The number of H-pyrrole nitrogens is 1. The molecule has 9 heteroatoms.